The predicted octanol–water partition coefficient (Wildman–Crippen LogP) is 3.71. The van der Waals surface area contributed by atoms with E-state index in [0.717, 1.165) is 5.69 Å². The molecule has 1 aliphatic heterocycles. The predicted molar refractivity (Wildman–Crippen MR) is 117 cm³/mol. The third-order valence-corrected chi connectivity index (χ3v) is 6.35. The minimum Gasteiger partial charge on any atom is -0.326 e. The summed E-state index contributed by atoms with van der Waals surface area (Å²) < 4.78 is 17.0. The molecule has 0 bridgehead atoms. The SMILES string of the molecule is Cc1ccc(NC(=O)CC2CSc3nc4c(cnn4-c4ccccc4)c(=O)n32)cc1F. The van der Waals surface area contributed by atoms with Crippen LogP contribution in [0.25, 0.3) is 16.7 Å². The quantitative estimate of drug-likeness (QED) is 0.494. The number of aryl methyl sites for hydroxylation is 1. The number of carbonyl (C=O) groups excluding carboxylic acids is 1. The van der Waals surface area contributed by atoms with Gasteiger partial charge in [-0.05, 0) is 36.8 Å². The Labute approximate surface area is 180 Å². The van der Waals surface area contributed by atoms with Gasteiger partial charge in [0.1, 0.15) is 11.2 Å². The van der Waals surface area contributed by atoms with Crippen LogP contribution in [-0.2, 0) is 4.79 Å². The van der Waals surface area contributed by atoms with Crippen molar-refractivity contribution in [2.75, 3.05) is 11.1 Å². The molecule has 5 rings (SSSR count). The maximum atomic E-state index is 13.7. The number of rotatable bonds is 4. The average molecular weight is 435 g/mol. The van der Waals surface area contributed by atoms with Crippen molar-refractivity contribution in [3.05, 3.63) is 76.5 Å². The monoisotopic (exact) mass is 435 g/mol. The summed E-state index contributed by atoms with van der Waals surface area (Å²) in [6, 6.07) is 13.7. The Morgan fingerprint density at radius 1 is 1.26 bits per heavy atom. The highest BCUT2D eigenvalue weighted by atomic mass is 32.2. The van der Waals surface area contributed by atoms with Crippen molar-refractivity contribution < 1.29 is 9.18 Å². The summed E-state index contributed by atoms with van der Waals surface area (Å²) >= 11 is 1.44. The van der Waals surface area contributed by atoms with Gasteiger partial charge in [0.15, 0.2) is 10.8 Å². The van der Waals surface area contributed by atoms with Crippen LogP contribution in [0.4, 0.5) is 10.1 Å². The Bertz CT molecular complexity index is 1370. The molecule has 1 aliphatic rings. The van der Waals surface area contributed by atoms with Gasteiger partial charge in [0.05, 0.1) is 17.9 Å². The fraction of sp³-hybridized carbons (Fsp3) is 0.182. The topological polar surface area (TPSA) is 81.8 Å². The van der Waals surface area contributed by atoms with Gasteiger partial charge in [-0.1, -0.05) is 36.0 Å². The molecule has 1 N–H and O–H groups in total. The molecule has 1 atom stereocenters. The molecular weight excluding hydrogens is 417 g/mol. The molecule has 31 heavy (non-hydrogen) atoms. The van der Waals surface area contributed by atoms with Crippen molar-refractivity contribution >= 4 is 34.4 Å². The highest BCUT2D eigenvalue weighted by molar-refractivity contribution is 7.99. The van der Waals surface area contributed by atoms with Crippen molar-refractivity contribution in [2.45, 2.75) is 24.5 Å². The highest BCUT2D eigenvalue weighted by Crippen LogP contribution is 2.33. The number of hydrogen-bond acceptors (Lipinski definition) is 5. The Balaban J connectivity index is 1.43. The summed E-state index contributed by atoms with van der Waals surface area (Å²) in [5.74, 6) is -0.102. The molecule has 0 saturated heterocycles. The molecule has 0 spiro atoms. The zero-order valence-corrected chi connectivity index (χ0v) is 17.4. The minimum absolute atomic E-state index is 0.0927. The second-order valence-electron chi connectivity index (χ2n) is 7.38. The van der Waals surface area contributed by atoms with Crippen LogP contribution >= 0.6 is 11.8 Å². The van der Waals surface area contributed by atoms with E-state index in [1.165, 1.54) is 24.0 Å². The Kier molecular flexibility index (Phi) is 4.82. The summed E-state index contributed by atoms with van der Waals surface area (Å²) in [6.07, 6.45) is 1.61. The van der Waals surface area contributed by atoms with Crippen LogP contribution in [-0.4, -0.2) is 31.0 Å². The normalized spacial score (nSPS) is 15.2. The highest BCUT2D eigenvalue weighted by Gasteiger charge is 2.29. The lowest BCUT2D eigenvalue weighted by atomic mass is 10.2. The van der Waals surface area contributed by atoms with Gasteiger partial charge in [0.2, 0.25) is 5.91 Å². The number of hydrogen-bond donors (Lipinski definition) is 1. The maximum Gasteiger partial charge on any atom is 0.265 e. The van der Waals surface area contributed by atoms with E-state index in [0.29, 0.717) is 33.2 Å². The van der Waals surface area contributed by atoms with E-state index < -0.39 is 0 Å². The zero-order valence-electron chi connectivity index (χ0n) is 16.6. The minimum atomic E-state index is -0.377. The van der Waals surface area contributed by atoms with E-state index >= 15 is 0 Å². The second kappa shape index (κ2) is 7.66. The maximum absolute atomic E-state index is 13.7. The van der Waals surface area contributed by atoms with Crippen LogP contribution in [0.5, 0.6) is 0 Å². The number of carbonyl (C=O) groups is 1. The fourth-order valence-corrected chi connectivity index (χ4v) is 4.77. The van der Waals surface area contributed by atoms with E-state index in [2.05, 4.69) is 15.4 Å². The van der Waals surface area contributed by atoms with Gasteiger partial charge in [0, 0.05) is 17.9 Å². The lowest BCUT2D eigenvalue weighted by molar-refractivity contribution is -0.116. The van der Waals surface area contributed by atoms with Gasteiger partial charge in [-0.15, -0.1) is 0 Å². The molecule has 1 amide bonds. The number of thioether (sulfide) groups is 1. The first kappa shape index (κ1) is 19.5. The summed E-state index contributed by atoms with van der Waals surface area (Å²) in [7, 11) is 0. The molecule has 4 aromatic rings. The molecule has 9 heteroatoms. The second-order valence-corrected chi connectivity index (χ2v) is 8.37. The lowest BCUT2D eigenvalue weighted by Crippen LogP contribution is -2.27. The number of aromatic nitrogens is 4. The van der Waals surface area contributed by atoms with Crippen LogP contribution in [0.2, 0.25) is 0 Å². The van der Waals surface area contributed by atoms with Crippen LogP contribution in [0.3, 0.4) is 0 Å². The molecule has 0 saturated carbocycles. The van der Waals surface area contributed by atoms with Crippen molar-refractivity contribution in [2.24, 2.45) is 0 Å². The average Bonchev–Trinajstić information content (AvgIpc) is 3.36. The van der Waals surface area contributed by atoms with Gasteiger partial charge >= 0.3 is 0 Å². The molecule has 0 fully saturated rings. The first-order chi connectivity index (χ1) is 15.0. The molecule has 3 heterocycles. The Morgan fingerprint density at radius 3 is 2.84 bits per heavy atom. The van der Waals surface area contributed by atoms with E-state index in [1.807, 2.05) is 30.3 Å². The van der Waals surface area contributed by atoms with Gasteiger partial charge in [-0.25, -0.2) is 14.1 Å². The third kappa shape index (κ3) is 3.50. The zero-order chi connectivity index (χ0) is 21.5. The molecule has 0 radical (unpaired) electrons. The van der Waals surface area contributed by atoms with Gasteiger partial charge in [0.25, 0.3) is 5.56 Å². The number of halogens is 1. The van der Waals surface area contributed by atoms with Crippen molar-refractivity contribution in [3.8, 4) is 5.69 Å². The molecular formula is C22H18FN5O2S. The molecule has 1 unspecified atom stereocenters. The van der Waals surface area contributed by atoms with Crippen LogP contribution in [0.15, 0.2) is 64.7 Å². The van der Waals surface area contributed by atoms with Crippen LogP contribution < -0.4 is 10.9 Å². The Hall–Kier alpha value is -3.46. The summed E-state index contributed by atoms with van der Waals surface area (Å²) in [4.78, 5) is 30.4. The lowest BCUT2D eigenvalue weighted by Gasteiger charge is -2.13. The van der Waals surface area contributed by atoms with Crippen LogP contribution in [0.1, 0.15) is 18.0 Å². The van der Waals surface area contributed by atoms with E-state index in [9.17, 15) is 14.0 Å². The van der Waals surface area contributed by atoms with Crippen molar-refractivity contribution in [1.82, 2.24) is 19.3 Å². The molecule has 7 nitrogen and oxygen atoms in total. The molecule has 2 aromatic heterocycles. The summed E-state index contributed by atoms with van der Waals surface area (Å²) in [5.41, 5.74) is 2.00. The number of amides is 1. The Morgan fingerprint density at radius 2 is 2.06 bits per heavy atom. The fourth-order valence-electron chi connectivity index (χ4n) is 3.64. The number of anilines is 1. The smallest absolute Gasteiger partial charge is 0.265 e. The number of para-hydroxylation sites is 1. The largest absolute Gasteiger partial charge is 0.326 e. The van der Waals surface area contributed by atoms with E-state index in [-0.39, 0.29) is 29.7 Å². The number of fused-ring (bicyclic) bond motifs is 2. The van der Waals surface area contributed by atoms with E-state index in [4.69, 9.17) is 0 Å². The summed E-state index contributed by atoms with van der Waals surface area (Å²) in [6.45, 7) is 1.66. The molecule has 2 aromatic carbocycles. The van der Waals surface area contributed by atoms with Gasteiger partial charge in [-0.2, -0.15) is 5.10 Å². The first-order valence-electron chi connectivity index (χ1n) is 9.76. The number of nitrogens with one attached hydrogen (secondary N) is 1. The molecule has 156 valence electrons. The van der Waals surface area contributed by atoms with Crippen molar-refractivity contribution in [1.29, 1.82) is 0 Å². The number of nitrogens with zero attached hydrogens (tertiary/aromatic N) is 4. The van der Waals surface area contributed by atoms with E-state index in [1.54, 1.807) is 28.3 Å². The first-order valence-corrected chi connectivity index (χ1v) is 10.7. The molecule has 0 aliphatic carbocycles. The standard InChI is InChI=1S/C22H18FN5O2S/c1-13-7-8-14(9-18(13)23)25-19(29)10-16-12-31-22-26-20-17(21(30)27(16)22)11-24-28(20)15-5-3-2-4-6-15/h2-9,11,16H,10,12H2,1H3,(H,25,29). The third-order valence-electron chi connectivity index (χ3n) is 5.25. The number of benzene rings is 2. The van der Waals surface area contributed by atoms with Crippen molar-refractivity contribution in [3.63, 3.8) is 0 Å². The van der Waals surface area contributed by atoms with Gasteiger partial charge in [-0.3, -0.25) is 14.2 Å². The summed E-state index contributed by atoms with van der Waals surface area (Å²) in [5, 5.41) is 8.02. The van der Waals surface area contributed by atoms with Gasteiger partial charge < -0.3 is 5.32 Å². The van der Waals surface area contributed by atoms with Crippen LogP contribution in [0, 0.1) is 12.7 Å².